The van der Waals surface area contributed by atoms with Crippen LogP contribution in [0, 0.1) is 0 Å². The number of nitrogens with one attached hydrogen (secondary N) is 1. The summed E-state index contributed by atoms with van der Waals surface area (Å²) in [5.41, 5.74) is 1.14. The number of anilines is 2. The largest absolute Gasteiger partial charge is 0.378 e. The molecule has 0 saturated carbocycles. The number of carbonyl (C=O) groups excluding carboxylic acids is 1. The second-order valence-corrected chi connectivity index (χ2v) is 8.03. The zero-order valence-corrected chi connectivity index (χ0v) is 17.8. The second kappa shape index (κ2) is 9.92. The molecule has 0 atom stereocenters. The molecule has 1 fully saturated rings. The van der Waals surface area contributed by atoms with Gasteiger partial charge in [0.25, 0.3) is 0 Å². The fourth-order valence-electron chi connectivity index (χ4n) is 3.05. The fourth-order valence-corrected chi connectivity index (χ4v) is 3.89. The summed E-state index contributed by atoms with van der Waals surface area (Å²) in [5.74, 6) is 1.28. The number of carbonyl (C=O) groups is 1. The molecule has 3 aromatic rings. The van der Waals surface area contributed by atoms with Crippen LogP contribution in [0.1, 0.15) is 5.56 Å². The van der Waals surface area contributed by atoms with Crippen LogP contribution in [-0.2, 0) is 16.1 Å². The van der Waals surface area contributed by atoms with Crippen LogP contribution >= 0.6 is 23.4 Å². The lowest BCUT2D eigenvalue weighted by atomic mass is 10.2. The summed E-state index contributed by atoms with van der Waals surface area (Å²) in [4.78, 5) is 18.6. The lowest BCUT2D eigenvalue weighted by Gasteiger charge is -2.28. The maximum atomic E-state index is 12.4. The minimum absolute atomic E-state index is 0.169. The molecular weight excluding hydrogens is 424 g/mol. The summed E-state index contributed by atoms with van der Waals surface area (Å²) in [6.45, 7) is 3.48. The molecule has 1 N–H and O–H groups in total. The van der Waals surface area contributed by atoms with Gasteiger partial charge in [-0.2, -0.15) is 0 Å². The Balaban J connectivity index is 1.48. The number of morpholine rings is 1. The maximum absolute atomic E-state index is 12.4. The van der Waals surface area contributed by atoms with Crippen LogP contribution in [0.25, 0.3) is 0 Å². The van der Waals surface area contributed by atoms with Gasteiger partial charge < -0.3 is 15.0 Å². The molecule has 1 aliphatic rings. The Labute approximate surface area is 183 Å². The molecule has 0 aliphatic carbocycles. The number of ether oxygens (including phenoxy) is 1. The van der Waals surface area contributed by atoms with Crippen LogP contribution in [0.4, 0.5) is 11.8 Å². The summed E-state index contributed by atoms with van der Waals surface area (Å²) >= 11 is 7.18. The van der Waals surface area contributed by atoms with E-state index in [-0.39, 0.29) is 11.7 Å². The number of benzene rings is 1. The highest BCUT2D eigenvalue weighted by molar-refractivity contribution is 7.99. The smallest absolute Gasteiger partial charge is 0.236 e. The summed E-state index contributed by atoms with van der Waals surface area (Å²) in [7, 11) is 0. The number of hydrogen-bond donors (Lipinski definition) is 1. The summed E-state index contributed by atoms with van der Waals surface area (Å²) < 4.78 is 7.51. The SMILES string of the molecule is O=C(CSc1nnc(N2CCOCC2)n1Cc1ccccc1)Nc1ccc(Cl)cn1. The molecule has 1 amide bonds. The monoisotopic (exact) mass is 444 g/mol. The van der Waals surface area contributed by atoms with E-state index in [1.54, 1.807) is 12.1 Å². The minimum Gasteiger partial charge on any atom is -0.378 e. The van der Waals surface area contributed by atoms with Gasteiger partial charge in [0.1, 0.15) is 5.82 Å². The van der Waals surface area contributed by atoms with Gasteiger partial charge in [0.2, 0.25) is 11.9 Å². The third-order valence-corrected chi connectivity index (χ3v) is 5.69. The summed E-state index contributed by atoms with van der Waals surface area (Å²) in [6.07, 6.45) is 1.50. The molecule has 0 unspecified atom stereocenters. The van der Waals surface area contributed by atoms with Crippen molar-refractivity contribution >= 4 is 41.0 Å². The van der Waals surface area contributed by atoms with Gasteiger partial charge in [0.05, 0.1) is 30.5 Å². The zero-order valence-electron chi connectivity index (χ0n) is 16.2. The first kappa shape index (κ1) is 20.6. The molecule has 0 radical (unpaired) electrons. The number of amides is 1. The molecule has 4 rings (SSSR count). The summed E-state index contributed by atoms with van der Waals surface area (Å²) in [5, 5.41) is 12.7. The van der Waals surface area contributed by atoms with E-state index in [2.05, 4.69) is 42.1 Å². The highest BCUT2D eigenvalue weighted by Crippen LogP contribution is 2.24. The highest BCUT2D eigenvalue weighted by atomic mass is 35.5. The van der Waals surface area contributed by atoms with Crippen molar-refractivity contribution in [2.45, 2.75) is 11.7 Å². The summed E-state index contributed by atoms with van der Waals surface area (Å²) in [6, 6.07) is 13.5. The van der Waals surface area contributed by atoms with Gasteiger partial charge in [-0.05, 0) is 17.7 Å². The normalized spacial score (nSPS) is 14.0. The average molecular weight is 445 g/mol. The van der Waals surface area contributed by atoms with Gasteiger partial charge >= 0.3 is 0 Å². The van der Waals surface area contributed by atoms with Crippen LogP contribution in [0.5, 0.6) is 0 Å². The number of halogens is 1. The van der Waals surface area contributed by atoms with Crippen LogP contribution in [-0.4, -0.2) is 57.7 Å². The molecule has 10 heteroatoms. The van der Waals surface area contributed by atoms with Crippen molar-refractivity contribution in [3.8, 4) is 0 Å². The van der Waals surface area contributed by atoms with Crippen molar-refractivity contribution in [2.24, 2.45) is 0 Å². The van der Waals surface area contributed by atoms with E-state index in [0.717, 1.165) is 24.6 Å². The molecule has 30 heavy (non-hydrogen) atoms. The Morgan fingerprint density at radius 1 is 1.13 bits per heavy atom. The average Bonchev–Trinajstić information content (AvgIpc) is 3.17. The standard InChI is InChI=1S/C20H21ClN6O2S/c21-16-6-7-17(22-12-16)23-18(28)14-30-20-25-24-19(26-8-10-29-11-9-26)27(20)13-15-4-2-1-3-5-15/h1-7,12H,8-11,13-14H2,(H,22,23,28). The first-order chi connectivity index (χ1) is 14.7. The first-order valence-corrected chi connectivity index (χ1v) is 10.9. The molecule has 1 aliphatic heterocycles. The number of nitrogens with zero attached hydrogens (tertiary/aromatic N) is 5. The topological polar surface area (TPSA) is 85.2 Å². The first-order valence-electron chi connectivity index (χ1n) is 9.53. The molecule has 8 nitrogen and oxygen atoms in total. The predicted octanol–water partition coefficient (Wildman–Crippen LogP) is 2.94. The molecule has 0 spiro atoms. The van der Waals surface area contributed by atoms with Crippen molar-refractivity contribution in [1.82, 2.24) is 19.7 Å². The van der Waals surface area contributed by atoms with Crippen LogP contribution in [0.15, 0.2) is 53.8 Å². The Kier molecular flexibility index (Phi) is 6.83. The van der Waals surface area contributed by atoms with E-state index in [1.165, 1.54) is 18.0 Å². The predicted molar refractivity (Wildman–Crippen MR) is 117 cm³/mol. The van der Waals surface area contributed by atoms with Crippen molar-refractivity contribution in [3.63, 3.8) is 0 Å². The molecule has 2 aromatic heterocycles. The molecule has 3 heterocycles. The quantitative estimate of drug-likeness (QED) is 0.561. The zero-order chi connectivity index (χ0) is 20.8. The van der Waals surface area contributed by atoms with E-state index in [1.807, 2.05) is 18.2 Å². The number of aromatic nitrogens is 4. The van der Waals surface area contributed by atoms with Crippen LogP contribution in [0.2, 0.25) is 5.02 Å². The Bertz CT molecular complexity index is 977. The van der Waals surface area contributed by atoms with E-state index < -0.39 is 0 Å². The van der Waals surface area contributed by atoms with Gasteiger partial charge in [-0.3, -0.25) is 9.36 Å². The Hall–Kier alpha value is -2.62. The van der Waals surface area contributed by atoms with Gasteiger partial charge in [-0.1, -0.05) is 53.7 Å². The molecule has 0 bridgehead atoms. The van der Waals surface area contributed by atoms with E-state index >= 15 is 0 Å². The van der Waals surface area contributed by atoms with Gasteiger partial charge in [0.15, 0.2) is 5.16 Å². The molecular formula is C20H21ClN6O2S. The van der Waals surface area contributed by atoms with Crippen molar-refractivity contribution in [3.05, 3.63) is 59.2 Å². The van der Waals surface area contributed by atoms with Gasteiger partial charge in [-0.15, -0.1) is 10.2 Å². The lowest BCUT2D eigenvalue weighted by molar-refractivity contribution is -0.113. The third-order valence-electron chi connectivity index (χ3n) is 4.50. The van der Waals surface area contributed by atoms with Gasteiger partial charge in [-0.25, -0.2) is 4.98 Å². The van der Waals surface area contributed by atoms with Crippen LogP contribution in [0.3, 0.4) is 0 Å². The van der Waals surface area contributed by atoms with E-state index in [4.69, 9.17) is 16.3 Å². The lowest BCUT2D eigenvalue weighted by Crippen LogP contribution is -2.38. The van der Waals surface area contributed by atoms with Crippen molar-refractivity contribution < 1.29 is 9.53 Å². The highest BCUT2D eigenvalue weighted by Gasteiger charge is 2.21. The number of hydrogen-bond acceptors (Lipinski definition) is 7. The third kappa shape index (κ3) is 5.29. The van der Waals surface area contributed by atoms with Crippen molar-refractivity contribution in [2.75, 3.05) is 42.3 Å². The van der Waals surface area contributed by atoms with E-state index in [0.29, 0.717) is 35.8 Å². The number of rotatable bonds is 7. The molecule has 1 saturated heterocycles. The van der Waals surface area contributed by atoms with Crippen LogP contribution < -0.4 is 10.2 Å². The minimum atomic E-state index is -0.169. The Morgan fingerprint density at radius 3 is 2.67 bits per heavy atom. The molecule has 156 valence electrons. The number of thioether (sulfide) groups is 1. The maximum Gasteiger partial charge on any atom is 0.236 e. The van der Waals surface area contributed by atoms with Gasteiger partial charge in [0, 0.05) is 19.3 Å². The van der Waals surface area contributed by atoms with E-state index in [9.17, 15) is 4.79 Å². The molecule has 1 aromatic carbocycles. The number of pyridine rings is 1. The fraction of sp³-hybridized carbons (Fsp3) is 0.300. The Morgan fingerprint density at radius 2 is 1.93 bits per heavy atom. The second-order valence-electron chi connectivity index (χ2n) is 6.65. The van der Waals surface area contributed by atoms with Crippen molar-refractivity contribution in [1.29, 1.82) is 0 Å².